The van der Waals surface area contributed by atoms with Crippen LogP contribution in [-0.4, -0.2) is 32.6 Å². The van der Waals surface area contributed by atoms with Crippen LogP contribution in [-0.2, 0) is 4.79 Å². The van der Waals surface area contributed by atoms with Gasteiger partial charge in [0.05, 0.1) is 39.1 Å². The lowest BCUT2D eigenvalue weighted by atomic mass is 10.3. The minimum Gasteiger partial charge on any atom is -0.272 e. The Balaban J connectivity index is 1.37. The Hall–Kier alpha value is -2.68. The highest BCUT2D eigenvalue weighted by Crippen LogP contribution is 2.29. The third-order valence-corrected chi connectivity index (χ3v) is 6.58. The number of aryl methyl sites for hydroxylation is 1. The number of halogens is 1. The molecule has 0 aliphatic carbocycles. The summed E-state index contributed by atoms with van der Waals surface area (Å²) in [6.07, 6.45) is 1.52. The number of nitrogens with zero attached hydrogens (tertiary/aromatic N) is 4. The number of carbonyl (C=O) groups is 1. The zero-order chi connectivity index (χ0) is 20.2. The van der Waals surface area contributed by atoms with Gasteiger partial charge < -0.3 is 0 Å². The van der Waals surface area contributed by atoms with Crippen LogP contribution in [0, 0.1) is 6.92 Å². The van der Waals surface area contributed by atoms with Crippen molar-refractivity contribution in [2.75, 3.05) is 5.75 Å². The molecule has 146 valence electrons. The number of aromatic nitrogens is 3. The van der Waals surface area contributed by atoms with Gasteiger partial charge in [-0.3, -0.25) is 4.79 Å². The third kappa shape index (κ3) is 4.50. The van der Waals surface area contributed by atoms with Gasteiger partial charge in [-0.05, 0) is 31.2 Å². The summed E-state index contributed by atoms with van der Waals surface area (Å²) in [6, 6.07) is 17.5. The Bertz CT molecular complexity index is 1150. The van der Waals surface area contributed by atoms with Crippen molar-refractivity contribution in [3.05, 3.63) is 71.0 Å². The molecule has 2 aromatic carbocycles. The summed E-state index contributed by atoms with van der Waals surface area (Å²) in [5, 5.41) is 8.92. The lowest BCUT2D eigenvalue weighted by Crippen LogP contribution is -2.19. The molecule has 0 bridgehead atoms. The zero-order valence-electron chi connectivity index (χ0n) is 15.4. The number of para-hydroxylation sites is 2. The maximum absolute atomic E-state index is 12.1. The maximum atomic E-state index is 12.1. The van der Waals surface area contributed by atoms with E-state index in [2.05, 4.69) is 20.6 Å². The van der Waals surface area contributed by atoms with Gasteiger partial charge in [-0.1, -0.05) is 53.7 Å². The van der Waals surface area contributed by atoms with Crippen molar-refractivity contribution < 1.29 is 4.79 Å². The molecule has 0 saturated heterocycles. The Labute approximate surface area is 180 Å². The first-order valence-corrected chi connectivity index (χ1v) is 10.9. The van der Waals surface area contributed by atoms with E-state index in [9.17, 15) is 4.79 Å². The topological polar surface area (TPSA) is 72.2 Å². The van der Waals surface area contributed by atoms with E-state index in [4.69, 9.17) is 11.6 Å². The van der Waals surface area contributed by atoms with E-state index in [1.165, 1.54) is 18.0 Å². The molecule has 0 saturated carbocycles. The van der Waals surface area contributed by atoms with Crippen LogP contribution in [0.2, 0.25) is 5.15 Å². The Morgan fingerprint density at radius 1 is 1.24 bits per heavy atom. The first-order valence-electron chi connectivity index (χ1n) is 8.72. The lowest BCUT2D eigenvalue weighted by molar-refractivity contribution is -0.118. The van der Waals surface area contributed by atoms with Crippen LogP contribution in [0.4, 0.5) is 0 Å². The van der Waals surface area contributed by atoms with Gasteiger partial charge in [0.2, 0.25) is 0 Å². The molecule has 6 nitrogen and oxygen atoms in total. The van der Waals surface area contributed by atoms with Crippen molar-refractivity contribution in [2.45, 2.75) is 11.3 Å². The zero-order valence-corrected chi connectivity index (χ0v) is 17.8. The van der Waals surface area contributed by atoms with Crippen molar-refractivity contribution in [1.29, 1.82) is 0 Å². The van der Waals surface area contributed by atoms with E-state index >= 15 is 0 Å². The number of hydrogen-bond acceptors (Lipinski definition) is 6. The minimum absolute atomic E-state index is 0.213. The molecule has 2 heterocycles. The molecular formula is C20H16ClN5OS2. The predicted octanol–water partition coefficient (Wildman–Crippen LogP) is 4.69. The fourth-order valence-corrected chi connectivity index (χ4v) is 4.82. The van der Waals surface area contributed by atoms with E-state index in [1.807, 2.05) is 61.5 Å². The van der Waals surface area contributed by atoms with Gasteiger partial charge in [-0.25, -0.2) is 15.1 Å². The molecule has 0 fully saturated rings. The summed E-state index contributed by atoms with van der Waals surface area (Å²) in [7, 11) is 0. The second kappa shape index (κ2) is 8.77. The van der Waals surface area contributed by atoms with Gasteiger partial charge in [0.25, 0.3) is 5.91 Å². The highest BCUT2D eigenvalue weighted by Gasteiger charge is 2.13. The van der Waals surface area contributed by atoms with Gasteiger partial charge in [-0.15, -0.1) is 11.3 Å². The Morgan fingerprint density at radius 3 is 2.79 bits per heavy atom. The molecular weight excluding hydrogens is 426 g/mol. The number of amides is 1. The molecule has 29 heavy (non-hydrogen) atoms. The Morgan fingerprint density at radius 2 is 2.00 bits per heavy atom. The highest BCUT2D eigenvalue weighted by molar-refractivity contribution is 8.01. The molecule has 9 heteroatoms. The average molecular weight is 442 g/mol. The number of nitrogens with one attached hydrogen (secondary N) is 1. The van der Waals surface area contributed by atoms with Crippen molar-refractivity contribution >= 4 is 57.0 Å². The molecule has 4 rings (SSSR count). The van der Waals surface area contributed by atoms with Gasteiger partial charge in [0, 0.05) is 0 Å². The van der Waals surface area contributed by atoms with Crippen molar-refractivity contribution in [1.82, 2.24) is 20.2 Å². The fraction of sp³-hybridized carbons (Fsp3) is 0.100. The number of thiazole rings is 1. The van der Waals surface area contributed by atoms with Crippen LogP contribution in [0.1, 0.15) is 11.3 Å². The average Bonchev–Trinajstić information content (AvgIpc) is 3.28. The van der Waals surface area contributed by atoms with Crippen LogP contribution >= 0.6 is 34.7 Å². The van der Waals surface area contributed by atoms with E-state index < -0.39 is 0 Å². The first kappa shape index (κ1) is 19.6. The van der Waals surface area contributed by atoms with E-state index in [0.717, 1.165) is 25.9 Å². The standard InChI is InChI=1S/C20H16ClN5OS2/c1-13-15(19(21)26(25-13)14-7-3-2-4-8-14)11-22-24-18(27)12-28-20-23-16-9-5-6-10-17(16)29-20/h2-11H,12H2,1H3,(H,24,27)/b22-11-. The molecule has 0 atom stereocenters. The number of fused-ring (bicyclic) bond motifs is 1. The van der Waals surface area contributed by atoms with Crippen LogP contribution in [0.5, 0.6) is 0 Å². The number of rotatable bonds is 6. The molecule has 1 amide bonds. The molecule has 2 aromatic heterocycles. The summed E-state index contributed by atoms with van der Waals surface area (Å²) in [6.45, 7) is 1.84. The number of benzene rings is 2. The monoisotopic (exact) mass is 441 g/mol. The van der Waals surface area contributed by atoms with Gasteiger partial charge in [0.15, 0.2) is 4.34 Å². The van der Waals surface area contributed by atoms with Crippen LogP contribution in [0.3, 0.4) is 0 Å². The summed E-state index contributed by atoms with van der Waals surface area (Å²) in [5.41, 5.74) is 5.72. The van der Waals surface area contributed by atoms with E-state index in [0.29, 0.717) is 10.7 Å². The maximum Gasteiger partial charge on any atom is 0.250 e. The molecule has 0 spiro atoms. The number of carbonyl (C=O) groups excluding carboxylic acids is 1. The molecule has 0 radical (unpaired) electrons. The van der Waals surface area contributed by atoms with Gasteiger partial charge in [-0.2, -0.15) is 10.2 Å². The molecule has 0 unspecified atom stereocenters. The predicted molar refractivity (Wildman–Crippen MR) is 119 cm³/mol. The summed E-state index contributed by atoms with van der Waals surface area (Å²) >= 11 is 9.40. The van der Waals surface area contributed by atoms with Crippen molar-refractivity contribution in [2.24, 2.45) is 5.10 Å². The minimum atomic E-state index is -0.213. The van der Waals surface area contributed by atoms with E-state index in [1.54, 1.807) is 16.0 Å². The summed E-state index contributed by atoms with van der Waals surface area (Å²) in [4.78, 5) is 16.6. The van der Waals surface area contributed by atoms with Crippen LogP contribution in [0.15, 0.2) is 64.0 Å². The number of hydrazone groups is 1. The fourth-order valence-electron chi connectivity index (χ4n) is 2.64. The van der Waals surface area contributed by atoms with Crippen molar-refractivity contribution in [3.8, 4) is 5.69 Å². The second-order valence-corrected chi connectivity index (χ2v) is 8.68. The summed E-state index contributed by atoms with van der Waals surface area (Å²) in [5.74, 6) is 0.0161. The molecule has 4 aromatic rings. The lowest BCUT2D eigenvalue weighted by Gasteiger charge is -2.02. The molecule has 1 N–H and O–H groups in total. The quantitative estimate of drug-likeness (QED) is 0.268. The van der Waals surface area contributed by atoms with Crippen molar-refractivity contribution in [3.63, 3.8) is 0 Å². The smallest absolute Gasteiger partial charge is 0.250 e. The van der Waals surface area contributed by atoms with Gasteiger partial charge in [0.1, 0.15) is 5.15 Å². The first-order chi connectivity index (χ1) is 14.1. The summed E-state index contributed by atoms with van der Waals surface area (Å²) < 4.78 is 3.60. The third-order valence-electron chi connectivity index (χ3n) is 4.03. The molecule has 0 aliphatic rings. The van der Waals surface area contributed by atoms with E-state index in [-0.39, 0.29) is 11.7 Å². The highest BCUT2D eigenvalue weighted by atomic mass is 35.5. The SMILES string of the molecule is Cc1nn(-c2ccccc2)c(Cl)c1/C=N\NC(=O)CSc1nc2ccccc2s1. The number of thioether (sulfide) groups is 1. The Kier molecular flexibility index (Phi) is 5.94. The van der Waals surface area contributed by atoms with Crippen LogP contribution in [0.25, 0.3) is 15.9 Å². The second-order valence-electron chi connectivity index (χ2n) is 6.07. The molecule has 0 aliphatic heterocycles. The van der Waals surface area contributed by atoms with Gasteiger partial charge >= 0.3 is 0 Å². The normalized spacial score (nSPS) is 11.4. The van der Waals surface area contributed by atoms with Crippen LogP contribution < -0.4 is 5.43 Å². The largest absolute Gasteiger partial charge is 0.272 e. The number of hydrogen-bond donors (Lipinski definition) is 1.